The molecule has 14 heavy (non-hydrogen) atoms. The van der Waals surface area contributed by atoms with E-state index in [0.29, 0.717) is 0 Å². The lowest BCUT2D eigenvalue weighted by atomic mass is 10.4. The molecule has 4 N–H and O–H groups in total. The Morgan fingerprint density at radius 1 is 1.36 bits per heavy atom. The first-order valence-electron chi connectivity index (χ1n) is 3.35. The molecule has 0 aliphatic rings. The van der Waals surface area contributed by atoms with Crippen LogP contribution in [0.3, 0.4) is 0 Å². The third-order valence-electron chi connectivity index (χ3n) is 0.771. The van der Waals surface area contributed by atoms with E-state index in [-0.39, 0.29) is 6.61 Å². The van der Waals surface area contributed by atoms with Gasteiger partial charge in [-0.25, -0.2) is 9.59 Å². The second-order valence-electron chi connectivity index (χ2n) is 1.88. The van der Waals surface area contributed by atoms with Crippen molar-refractivity contribution in [3.63, 3.8) is 0 Å². The molecule has 0 aromatic rings. The molecule has 0 heterocycles. The van der Waals surface area contributed by atoms with Crippen LogP contribution in [0.4, 0.5) is 9.59 Å². The van der Waals surface area contributed by atoms with Crippen LogP contribution in [-0.4, -0.2) is 59.2 Å². The number of carbonyl (C=O) groups is 2. The summed E-state index contributed by atoms with van der Waals surface area (Å²) >= 11 is 0. The molecule has 0 aliphatic carbocycles. The molecule has 0 saturated heterocycles. The maximum absolute atomic E-state index is 10.2. The van der Waals surface area contributed by atoms with Gasteiger partial charge in [-0.05, 0) is 0 Å². The summed E-state index contributed by atoms with van der Waals surface area (Å²) < 4.78 is 8.36. The Morgan fingerprint density at radius 3 is 2.07 bits per heavy atom. The van der Waals surface area contributed by atoms with Gasteiger partial charge in [0.1, 0.15) is 12.7 Å². The van der Waals surface area contributed by atoms with E-state index >= 15 is 0 Å². The summed E-state index contributed by atoms with van der Waals surface area (Å²) in [7, 11) is 1.16. The topological polar surface area (TPSA) is 134 Å². The molecule has 1 atom stereocenters. The molecule has 0 radical (unpaired) electrons. The average molecular weight is 212 g/mol. The number of rotatable bonds is 3. The number of ether oxygens (including phenoxy) is 2. The van der Waals surface area contributed by atoms with Crippen molar-refractivity contribution in [1.29, 1.82) is 0 Å². The highest BCUT2D eigenvalue weighted by atomic mass is 16.7. The summed E-state index contributed by atoms with van der Waals surface area (Å²) in [6.07, 6.45) is -3.73. The Hall–Kier alpha value is -1.54. The van der Waals surface area contributed by atoms with E-state index in [2.05, 4.69) is 9.47 Å². The zero-order valence-electron chi connectivity index (χ0n) is 7.41. The third-order valence-corrected chi connectivity index (χ3v) is 0.771. The summed E-state index contributed by atoms with van der Waals surface area (Å²) in [6.45, 7) is -0.680. The van der Waals surface area contributed by atoms with Gasteiger partial charge in [-0.3, -0.25) is 0 Å². The molecule has 0 fully saturated rings. The minimum absolute atomic E-state index is 0.247. The second-order valence-corrected chi connectivity index (χ2v) is 1.88. The molecule has 0 aromatic carbocycles. The Balaban J connectivity index is 0. The van der Waals surface area contributed by atoms with E-state index in [0.717, 1.165) is 7.11 Å². The molecular weight excluding hydrogens is 200 g/mol. The number of aliphatic hydroxyl groups is 2. The van der Waals surface area contributed by atoms with Crippen LogP contribution in [0, 0.1) is 0 Å². The number of carbonyl (C=O) groups excluding carboxylic acids is 1. The highest BCUT2D eigenvalue weighted by Gasteiger charge is 2.05. The van der Waals surface area contributed by atoms with Crippen LogP contribution in [0.1, 0.15) is 0 Å². The molecular formula is C6H12O8. The summed E-state index contributed by atoms with van der Waals surface area (Å²) in [6, 6.07) is 0. The number of methoxy groups -OCH3 is 1. The van der Waals surface area contributed by atoms with Crippen LogP contribution in [0.2, 0.25) is 0 Å². The van der Waals surface area contributed by atoms with Crippen molar-refractivity contribution < 1.29 is 39.5 Å². The second kappa shape index (κ2) is 9.55. The molecule has 1 unspecified atom stereocenters. The molecule has 0 amide bonds. The van der Waals surface area contributed by atoms with Crippen molar-refractivity contribution >= 4 is 12.3 Å². The monoisotopic (exact) mass is 212 g/mol. The van der Waals surface area contributed by atoms with Crippen LogP contribution in [-0.2, 0) is 9.47 Å². The van der Waals surface area contributed by atoms with Crippen molar-refractivity contribution in [2.75, 3.05) is 20.3 Å². The van der Waals surface area contributed by atoms with Gasteiger partial charge in [0.2, 0.25) is 0 Å². The van der Waals surface area contributed by atoms with E-state index in [1.807, 2.05) is 0 Å². The lowest BCUT2D eigenvalue weighted by Crippen LogP contribution is -2.21. The quantitative estimate of drug-likeness (QED) is 0.453. The number of hydrogen-bond donors (Lipinski definition) is 4. The molecule has 0 aliphatic heterocycles. The molecule has 0 saturated carbocycles. The SMILES string of the molecule is COC(=O)OCC(O)CO.O=C(O)O. The van der Waals surface area contributed by atoms with Crippen molar-refractivity contribution in [3.05, 3.63) is 0 Å². The fourth-order valence-electron chi connectivity index (χ4n) is 0.276. The van der Waals surface area contributed by atoms with Gasteiger partial charge in [-0.15, -0.1) is 0 Å². The van der Waals surface area contributed by atoms with E-state index in [4.69, 9.17) is 25.2 Å². The van der Waals surface area contributed by atoms with Crippen LogP contribution in [0.15, 0.2) is 0 Å². The highest BCUT2D eigenvalue weighted by molar-refractivity contribution is 5.59. The minimum Gasteiger partial charge on any atom is -0.450 e. The Bertz CT molecular complexity index is 163. The predicted octanol–water partition coefficient (Wildman–Crippen LogP) is -0.655. The summed E-state index contributed by atoms with van der Waals surface area (Å²) in [4.78, 5) is 18.8. The zero-order valence-corrected chi connectivity index (χ0v) is 7.41. The maximum Gasteiger partial charge on any atom is 0.508 e. The van der Waals surface area contributed by atoms with E-state index in [9.17, 15) is 4.79 Å². The van der Waals surface area contributed by atoms with E-state index in [1.54, 1.807) is 0 Å². The largest absolute Gasteiger partial charge is 0.508 e. The van der Waals surface area contributed by atoms with Gasteiger partial charge in [-0.1, -0.05) is 0 Å². The van der Waals surface area contributed by atoms with Crippen molar-refractivity contribution in [3.8, 4) is 0 Å². The minimum atomic E-state index is -1.83. The van der Waals surface area contributed by atoms with Crippen LogP contribution in [0.25, 0.3) is 0 Å². The van der Waals surface area contributed by atoms with Gasteiger partial charge in [0.25, 0.3) is 0 Å². The molecule has 0 spiro atoms. The Morgan fingerprint density at radius 2 is 1.79 bits per heavy atom. The fraction of sp³-hybridized carbons (Fsp3) is 0.667. The van der Waals surface area contributed by atoms with Crippen molar-refractivity contribution in [1.82, 2.24) is 0 Å². The molecule has 0 rings (SSSR count). The number of carboxylic acid groups (broad SMARTS) is 2. The zero-order chi connectivity index (χ0) is 11.6. The number of hydrogen-bond acceptors (Lipinski definition) is 6. The van der Waals surface area contributed by atoms with Crippen molar-refractivity contribution in [2.45, 2.75) is 6.10 Å². The lowest BCUT2D eigenvalue weighted by Gasteiger charge is -2.05. The van der Waals surface area contributed by atoms with Gasteiger partial charge in [0, 0.05) is 0 Å². The molecule has 0 bridgehead atoms. The summed E-state index contributed by atoms with van der Waals surface area (Å²) in [5.41, 5.74) is 0. The lowest BCUT2D eigenvalue weighted by molar-refractivity contribution is 0.00779. The number of aliphatic hydroxyl groups excluding tert-OH is 2. The first kappa shape index (κ1) is 15.0. The van der Waals surface area contributed by atoms with Crippen LogP contribution in [0.5, 0.6) is 0 Å². The molecule has 8 nitrogen and oxygen atoms in total. The fourth-order valence-corrected chi connectivity index (χ4v) is 0.276. The van der Waals surface area contributed by atoms with Gasteiger partial charge >= 0.3 is 12.3 Å². The smallest absolute Gasteiger partial charge is 0.450 e. The molecule has 84 valence electrons. The summed E-state index contributed by atoms with van der Waals surface area (Å²) in [5, 5.41) is 30.8. The standard InChI is InChI=1S/C5H10O5.CH2O3/c1-9-5(8)10-3-4(7)2-6;2-1(3)4/h4,6-7H,2-3H2,1H3;(H2,2,3,4). The summed E-state index contributed by atoms with van der Waals surface area (Å²) in [5.74, 6) is 0. The predicted molar refractivity (Wildman–Crippen MR) is 42.1 cm³/mol. The average Bonchev–Trinajstić information content (AvgIpc) is 2.12. The Kier molecular flexibility index (Phi) is 10.2. The van der Waals surface area contributed by atoms with E-state index < -0.39 is 25.0 Å². The molecule has 0 aromatic heterocycles. The van der Waals surface area contributed by atoms with Crippen LogP contribution < -0.4 is 0 Å². The molecule has 8 heteroatoms. The van der Waals surface area contributed by atoms with Gasteiger partial charge < -0.3 is 29.9 Å². The first-order chi connectivity index (χ1) is 6.43. The van der Waals surface area contributed by atoms with Crippen LogP contribution >= 0.6 is 0 Å². The first-order valence-corrected chi connectivity index (χ1v) is 3.35. The van der Waals surface area contributed by atoms with E-state index in [1.165, 1.54) is 0 Å². The van der Waals surface area contributed by atoms with Gasteiger partial charge in [0.15, 0.2) is 0 Å². The highest BCUT2D eigenvalue weighted by Crippen LogP contribution is 1.86. The van der Waals surface area contributed by atoms with Gasteiger partial charge in [0.05, 0.1) is 13.7 Å². The Labute approximate surface area is 79.3 Å². The normalized spacial score (nSPS) is 10.5. The maximum atomic E-state index is 10.2. The van der Waals surface area contributed by atoms with Crippen molar-refractivity contribution in [2.24, 2.45) is 0 Å². The van der Waals surface area contributed by atoms with Gasteiger partial charge in [-0.2, -0.15) is 0 Å². The third kappa shape index (κ3) is 16.8.